The Labute approximate surface area is 285 Å². The Morgan fingerprint density at radius 1 is 1.08 bits per heavy atom. The highest BCUT2D eigenvalue weighted by atomic mass is 19.1. The van der Waals surface area contributed by atoms with Gasteiger partial charge in [0.15, 0.2) is 17.4 Å². The maximum absolute atomic E-state index is 17.4. The molecule has 2 bridgehead atoms. The maximum atomic E-state index is 17.4. The number of aryl methyl sites for hydroxylation is 1. The molecular weight excluding hydrogens is 647 g/mol. The van der Waals surface area contributed by atoms with Crippen LogP contribution in [-0.4, -0.2) is 82.7 Å². The van der Waals surface area contributed by atoms with Crippen LogP contribution in [0.4, 0.5) is 19.0 Å². The standard InChI is InChI=1S/C38H36F3N5O4/c1-18-8-23-27(50-18)5-2-19-9-22(47)10-24(28(19)23)29-31(40)33-30-34(32(29)41)48-14-26-25-4-3-21(42-25)13-46(26)35(30)44-36(43-33)49-17-38-11-20(39)12-45(38)16-37(15-38)6-7-37/h2,5,8-10,20-21,25-26,42,47H,3-4,6-7,11-17H2,1H3/t20-,21?,25?,26?,38-/m1/s1. The maximum Gasteiger partial charge on any atom is 0.319 e. The first kappa shape index (κ1) is 29.4. The molecule has 50 heavy (non-hydrogen) atoms. The molecule has 5 aliphatic heterocycles. The number of nitrogens with one attached hydrogen (secondary N) is 1. The fourth-order valence-corrected chi connectivity index (χ4v) is 10.2. The Morgan fingerprint density at radius 2 is 1.96 bits per heavy atom. The van der Waals surface area contributed by atoms with Gasteiger partial charge in [-0.15, -0.1) is 0 Å². The van der Waals surface area contributed by atoms with Crippen molar-refractivity contribution in [1.29, 1.82) is 0 Å². The number of halogens is 3. The van der Waals surface area contributed by atoms with E-state index in [-0.39, 0.29) is 76.3 Å². The van der Waals surface area contributed by atoms with E-state index in [1.54, 1.807) is 18.2 Å². The highest BCUT2D eigenvalue weighted by Crippen LogP contribution is 2.61. The molecule has 3 aromatic carbocycles. The van der Waals surface area contributed by atoms with Crippen LogP contribution in [0.5, 0.6) is 17.5 Å². The molecule has 0 radical (unpaired) electrons. The number of aromatic nitrogens is 2. The smallest absolute Gasteiger partial charge is 0.319 e. The Balaban J connectivity index is 1.12. The second-order valence-electron chi connectivity index (χ2n) is 15.8. The molecule has 3 unspecified atom stereocenters. The number of aromatic hydroxyl groups is 1. The number of ether oxygens (including phenoxy) is 2. The molecule has 2 N–H and O–H groups in total. The fourth-order valence-electron chi connectivity index (χ4n) is 10.2. The number of rotatable bonds is 4. The van der Waals surface area contributed by atoms with E-state index in [9.17, 15) is 9.50 Å². The first-order valence-electron chi connectivity index (χ1n) is 17.7. The van der Waals surface area contributed by atoms with Gasteiger partial charge in [-0.25, -0.2) is 13.2 Å². The number of hydrogen-bond acceptors (Lipinski definition) is 9. The van der Waals surface area contributed by atoms with Crippen LogP contribution in [0.25, 0.3) is 43.8 Å². The molecule has 11 rings (SSSR count). The van der Waals surface area contributed by atoms with Gasteiger partial charge >= 0.3 is 6.01 Å². The minimum absolute atomic E-state index is 0.0246. The van der Waals surface area contributed by atoms with E-state index < -0.39 is 23.3 Å². The average molecular weight is 684 g/mol. The normalized spacial score (nSPS) is 29.2. The summed E-state index contributed by atoms with van der Waals surface area (Å²) in [4.78, 5) is 13.9. The van der Waals surface area contributed by atoms with E-state index in [2.05, 4.69) is 20.1 Å². The topological polar surface area (TPSA) is 96.1 Å². The van der Waals surface area contributed by atoms with Crippen LogP contribution < -0.4 is 19.7 Å². The first-order chi connectivity index (χ1) is 24.2. The third kappa shape index (κ3) is 4.08. The summed E-state index contributed by atoms with van der Waals surface area (Å²) in [6, 6.07) is 8.43. The largest absolute Gasteiger partial charge is 0.508 e. The molecule has 1 aliphatic carbocycles. The third-order valence-electron chi connectivity index (χ3n) is 12.5. The van der Waals surface area contributed by atoms with Crippen LogP contribution in [-0.2, 0) is 0 Å². The zero-order valence-corrected chi connectivity index (χ0v) is 27.6. The highest BCUT2D eigenvalue weighted by Gasteiger charge is 2.62. The number of alkyl halides is 1. The summed E-state index contributed by atoms with van der Waals surface area (Å²) in [6.45, 7) is 4.02. The molecule has 5 fully saturated rings. The van der Waals surface area contributed by atoms with Crippen molar-refractivity contribution >= 4 is 38.5 Å². The van der Waals surface area contributed by atoms with Crippen molar-refractivity contribution in [2.75, 3.05) is 37.7 Å². The van der Waals surface area contributed by atoms with Gasteiger partial charge in [-0.05, 0) is 74.1 Å². The lowest BCUT2D eigenvalue weighted by atomic mass is 9.89. The fraction of sp³-hybridized carbons (Fsp3) is 0.474. The summed E-state index contributed by atoms with van der Waals surface area (Å²) in [6.07, 6.45) is 4.51. The molecule has 1 spiro atoms. The predicted molar refractivity (Wildman–Crippen MR) is 181 cm³/mol. The lowest BCUT2D eigenvalue weighted by Crippen LogP contribution is -2.60. The number of anilines is 1. The molecule has 12 heteroatoms. The minimum Gasteiger partial charge on any atom is -0.508 e. The summed E-state index contributed by atoms with van der Waals surface area (Å²) in [5.41, 5.74) is 0.0102. The summed E-state index contributed by atoms with van der Waals surface area (Å²) >= 11 is 0. The summed E-state index contributed by atoms with van der Waals surface area (Å²) < 4.78 is 68.0. The summed E-state index contributed by atoms with van der Waals surface area (Å²) in [5, 5.41) is 16.5. The number of hydrogen-bond donors (Lipinski definition) is 2. The molecule has 7 heterocycles. The highest BCUT2D eigenvalue weighted by molar-refractivity contribution is 6.15. The zero-order chi connectivity index (χ0) is 33.7. The van der Waals surface area contributed by atoms with Crippen LogP contribution in [0.15, 0.2) is 34.7 Å². The van der Waals surface area contributed by atoms with Crippen molar-refractivity contribution in [3.63, 3.8) is 0 Å². The van der Waals surface area contributed by atoms with E-state index >= 15 is 8.78 Å². The van der Waals surface area contributed by atoms with Gasteiger partial charge in [0, 0.05) is 54.5 Å². The van der Waals surface area contributed by atoms with E-state index in [0.717, 1.165) is 38.6 Å². The summed E-state index contributed by atoms with van der Waals surface area (Å²) in [5.74, 6) is -1.02. The molecule has 0 amide bonds. The second kappa shape index (κ2) is 9.94. The van der Waals surface area contributed by atoms with Gasteiger partial charge in [0.1, 0.15) is 47.8 Å². The van der Waals surface area contributed by atoms with Gasteiger partial charge in [-0.3, -0.25) is 4.90 Å². The van der Waals surface area contributed by atoms with Crippen LogP contribution in [0, 0.1) is 24.0 Å². The molecular formula is C38H36F3N5O4. The summed E-state index contributed by atoms with van der Waals surface area (Å²) in [7, 11) is 0. The molecule has 5 aromatic rings. The third-order valence-corrected chi connectivity index (χ3v) is 12.5. The first-order valence-corrected chi connectivity index (χ1v) is 17.7. The SMILES string of the molecule is Cc1cc2c(ccc3cc(O)cc(-c4c(F)c5c6c(nc(OC[C@]78C[C@@H](F)CN7CC7(CC7)C8)nc6c4F)N4CC6CCC(N6)C4CO5)c32)o1. The van der Waals surface area contributed by atoms with Gasteiger partial charge in [-0.1, -0.05) is 6.07 Å². The monoisotopic (exact) mass is 683 g/mol. The molecule has 2 aromatic heterocycles. The van der Waals surface area contributed by atoms with E-state index in [1.807, 2.05) is 13.0 Å². The van der Waals surface area contributed by atoms with Crippen LogP contribution in [0.3, 0.4) is 0 Å². The second-order valence-corrected chi connectivity index (χ2v) is 15.8. The van der Waals surface area contributed by atoms with Crippen molar-refractivity contribution in [2.45, 2.75) is 75.3 Å². The van der Waals surface area contributed by atoms with Gasteiger partial charge in [-0.2, -0.15) is 9.97 Å². The van der Waals surface area contributed by atoms with Crippen molar-refractivity contribution in [3.05, 3.63) is 47.7 Å². The number of piperazine rings is 1. The van der Waals surface area contributed by atoms with Crippen molar-refractivity contribution in [2.24, 2.45) is 5.41 Å². The number of phenolic OH excluding ortho intramolecular Hbond substituents is 1. The van der Waals surface area contributed by atoms with E-state index in [0.29, 0.717) is 52.8 Å². The van der Waals surface area contributed by atoms with Gasteiger partial charge in [0.25, 0.3) is 0 Å². The predicted octanol–water partition coefficient (Wildman–Crippen LogP) is 6.54. The molecule has 4 saturated heterocycles. The molecule has 9 nitrogen and oxygen atoms in total. The number of nitrogens with zero attached hydrogens (tertiary/aromatic N) is 4. The Morgan fingerprint density at radius 3 is 2.82 bits per heavy atom. The van der Waals surface area contributed by atoms with Crippen molar-refractivity contribution in [3.8, 4) is 28.6 Å². The lowest BCUT2D eigenvalue weighted by molar-refractivity contribution is 0.107. The number of furan rings is 1. The number of benzene rings is 3. The van der Waals surface area contributed by atoms with Gasteiger partial charge < -0.3 is 29.2 Å². The van der Waals surface area contributed by atoms with Crippen LogP contribution >= 0.6 is 0 Å². The lowest BCUT2D eigenvalue weighted by Gasteiger charge is -2.40. The Kier molecular flexibility index (Phi) is 5.85. The number of phenols is 1. The Hall–Kier alpha value is -4.29. The van der Waals surface area contributed by atoms with E-state index in [4.69, 9.17) is 18.9 Å². The molecule has 5 atom stereocenters. The van der Waals surface area contributed by atoms with Crippen molar-refractivity contribution < 1.29 is 32.2 Å². The van der Waals surface area contributed by atoms with Crippen molar-refractivity contribution in [1.82, 2.24) is 20.2 Å². The molecule has 258 valence electrons. The van der Waals surface area contributed by atoms with Gasteiger partial charge in [0.2, 0.25) is 0 Å². The van der Waals surface area contributed by atoms with Crippen LogP contribution in [0.2, 0.25) is 0 Å². The average Bonchev–Trinajstić information content (AvgIpc) is 3.28. The van der Waals surface area contributed by atoms with Gasteiger partial charge in [0.05, 0.1) is 22.5 Å². The molecule has 1 saturated carbocycles. The Bertz CT molecular complexity index is 2290. The van der Waals surface area contributed by atoms with E-state index in [1.165, 1.54) is 6.07 Å². The quantitative estimate of drug-likeness (QED) is 0.219. The molecule has 6 aliphatic rings. The number of fused-ring (bicyclic) bond motifs is 9. The minimum atomic E-state index is -0.931. The zero-order valence-electron chi connectivity index (χ0n) is 27.6. The van der Waals surface area contributed by atoms with Crippen LogP contribution in [0.1, 0.15) is 44.3 Å².